The highest BCUT2D eigenvalue weighted by Crippen LogP contribution is 2.30. The van der Waals surface area contributed by atoms with E-state index in [2.05, 4.69) is 93.2 Å². The van der Waals surface area contributed by atoms with Gasteiger partial charge in [-0.1, -0.05) is 58.5 Å². The smallest absolute Gasteiger partial charge is 0.261 e. The van der Waals surface area contributed by atoms with Crippen LogP contribution < -0.4 is 11.1 Å². The van der Waals surface area contributed by atoms with Crippen molar-refractivity contribution in [2.75, 3.05) is 53.4 Å². The van der Waals surface area contributed by atoms with Crippen LogP contribution in [0.4, 0.5) is 0 Å². The molecule has 0 unspecified atom stereocenters. The van der Waals surface area contributed by atoms with Crippen molar-refractivity contribution < 1.29 is 0 Å². The van der Waals surface area contributed by atoms with Crippen LogP contribution >= 0.6 is 31.9 Å². The van der Waals surface area contributed by atoms with Crippen LogP contribution in [0.25, 0.3) is 21.8 Å². The zero-order chi connectivity index (χ0) is 37.7. The molecule has 0 bridgehead atoms. The van der Waals surface area contributed by atoms with Gasteiger partial charge in [0.15, 0.2) is 0 Å². The highest BCUT2D eigenvalue weighted by Gasteiger charge is 2.31. The average molecular weight is 843 g/mol. The van der Waals surface area contributed by atoms with Crippen LogP contribution in [0.1, 0.15) is 91.0 Å². The second-order valence-corrected chi connectivity index (χ2v) is 16.5. The van der Waals surface area contributed by atoms with E-state index in [-0.39, 0.29) is 23.2 Å². The Labute approximate surface area is 326 Å². The molecule has 6 rings (SSSR count). The first-order valence-corrected chi connectivity index (χ1v) is 20.8. The Hall–Kier alpha value is -2.48. The second kappa shape index (κ2) is 18.2. The van der Waals surface area contributed by atoms with Gasteiger partial charge in [-0.2, -0.15) is 0 Å². The maximum absolute atomic E-state index is 13.1. The van der Waals surface area contributed by atoms with E-state index >= 15 is 0 Å². The number of halogens is 2. The Morgan fingerprint density at radius 2 is 1.04 bits per heavy atom. The summed E-state index contributed by atoms with van der Waals surface area (Å²) in [6, 6.07) is 13.0. The van der Waals surface area contributed by atoms with Crippen molar-refractivity contribution in [2.24, 2.45) is 0 Å². The molecule has 12 heteroatoms. The molecular formula is C40H58Br2N8O2. The summed E-state index contributed by atoms with van der Waals surface area (Å²) in [4.78, 5) is 46.0. The van der Waals surface area contributed by atoms with Crippen molar-refractivity contribution in [3.8, 4) is 0 Å². The van der Waals surface area contributed by atoms with E-state index in [1.165, 1.54) is 0 Å². The van der Waals surface area contributed by atoms with Crippen LogP contribution in [0.15, 0.2) is 54.9 Å². The highest BCUT2D eigenvalue weighted by molar-refractivity contribution is 9.10. The Morgan fingerprint density at radius 3 is 1.37 bits per heavy atom. The van der Waals surface area contributed by atoms with Gasteiger partial charge < -0.3 is 9.80 Å². The van der Waals surface area contributed by atoms with Gasteiger partial charge in [-0.05, 0) is 91.0 Å². The van der Waals surface area contributed by atoms with Crippen LogP contribution in [0.5, 0.6) is 0 Å². The number of hydrogen-bond donors (Lipinski definition) is 0. The van der Waals surface area contributed by atoms with E-state index in [0.717, 1.165) is 96.6 Å². The summed E-state index contributed by atoms with van der Waals surface area (Å²) in [5, 5.41) is 1.37. The van der Waals surface area contributed by atoms with Crippen LogP contribution in [-0.4, -0.2) is 104 Å². The van der Waals surface area contributed by atoms with Crippen LogP contribution in [-0.2, 0) is 13.1 Å². The predicted molar refractivity (Wildman–Crippen MR) is 221 cm³/mol. The van der Waals surface area contributed by atoms with Gasteiger partial charge in [0.2, 0.25) is 0 Å². The SMILES string of the molecule is CCC[C@@H](c1nc2ccc(Br)cc2c(=O)n1CC)N1CCN(C)[C@@H](C)C1.CCC[C@H](c1nc2ccc(Br)cc2c(=O)n1CC)N1CCN(C)[C@@H](C)C1. The fourth-order valence-electron chi connectivity index (χ4n) is 7.76. The standard InChI is InChI=1S/2C20H29BrN4O/c2*1-5-7-18(24-11-10-23(4)14(3)13-24)19-22-17-9-8-15(21)12-16(17)20(26)25(19)6-2/h2*8-9,12,14,18H,5-7,10-11,13H2,1-4H3/t14-,18+;14-,18-/m00/s1. The molecular weight excluding hydrogens is 784 g/mol. The van der Waals surface area contributed by atoms with Crippen LogP contribution in [0, 0.1) is 0 Å². The van der Waals surface area contributed by atoms with Gasteiger partial charge in [0.1, 0.15) is 11.6 Å². The van der Waals surface area contributed by atoms with Crippen molar-refractivity contribution >= 4 is 53.7 Å². The van der Waals surface area contributed by atoms with Gasteiger partial charge in [-0.25, -0.2) is 9.97 Å². The third-order valence-corrected chi connectivity index (χ3v) is 12.1. The largest absolute Gasteiger partial charge is 0.301 e. The molecule has 4 heterocycles. The minimum Gasteiger partial charge on any atom is -0.301 e. The third-order valence-electron chi connectivity index (χ3n) is 11.1. The van der Waals surface area contributed by atoms with Gasteiger partial charge >= 0.3 is 0 Å². The van der Waals surface area contributed by atoms with Crippen LogP contribution in [0.2, 0.25) is 0 Å². The number of benzene rings is 2. The molecule has 284 valence electrons. The van der Waals surface area contributed by atoms with E-state index in [1.54, 1.807) is 0 Å². The average Bonchev–Trinajstić information content (AvgIpc) is 3.13. The summed E-state index contributed by atoms with van der Waals surface area (Å²) < 4.78 is 5.57. The maximum Gasteiger partial charge on any atom is 0.261 e. The molecule has 2 aliphatic rings. The lowest BCUT2D eigenvalue weighted by molar-refractivity contribution is 0.0631. The summed E-state index contributed by atoms with van der Waals surface area (Å²) in [5.74, 6) is 1.84. The van der Waals surface area contributed by atoms with Crippen molar-refractivity contribution in [3.05, 3.63) is 77.7 Å². The number of hydrogen-bond acceptors (Lipinski definition) is 8. The van der Waals surface area contributed by atoms with Crippen molar-refractivity contribution in [2.45, 2.75) is 104 Å². The quantitative estimate of drug-likeness (QED) is 0.165. The van der Waals surface area contributed by atoms with Crippen molar-refractivity contribution in [3.63, 3.8) is 0 Å². The van der Waals surface area contributed by atoms with Crippen LogP contribution in [0.3, 0.4) is 0 Å². The predicted octanol–water partition coefficient (Wildman–Crippen LogP) is 7.31. The fourth-order valence-corrected chi connectivity index (χ4v) is 8.48. The van der Waals surface area contributed by atoms with E-state index in [9.17, 15) is 9.59 Å². The van der Waals surface area contributed by atoms with E-state index in [0.29, 0.717) is 35.9 Å². The summed E-state index contributed by atoms with van der Waals surface area (Å²) in [6.07, 6.45) is 4.18. The Bertz CT molecular complexity index is 1810. The topological polar surface area (TPSA) is 82.7 Å². The number of piperazine rings is 2. The molecule has 2 aliphatic heterocycles. The van der Waals surface area contributed by atoms with Crippen molar-refractivity contribution in [1.82, 2.24) is 38.7 Å². The molecule has 4 atom stereocenters. The normalized spacial score (nSPS) is 20.6. The molecule has 2 saturated heterocycles. The lowest BCUT2D eigenvalue weighted by atomic mass is 10.1. The zero-order valence-electron chi connectivity index (χ0n) is 32.4. The molecule has 10 nitrogen and oxygen atoms in total. The summed E-state index contributed by atoms with van der Waals surface area (Å²) in [6.45, 7) is 20.5. The molecule has 0 aliphatic carbocycles. The monoisotopic (exact) mass is 840 g/mol. The van der Waals surface area contributed by atoms with E-state index in [1.807, 2.05) is 59.4 Å². The third kappa shape index (κ3) is 8.90. The minimum atomic E-state index is 0.0667. The zero-order valence-corrected chi connectivity index (χ0v) is 35.6. The van der Waals surface area contributed by atoms with Gasteiger partial charge in [0, 0.05) is 73.4 Å². The number of nitrogens with zero attached hydrogens (tertiary/aromatic N) is 8. The Balaban J connectivity index is 0.000000201. The lowest BCUT2D eigenvalue weighted by Crippen LogP contribution is -2.51. The first kappa shape index (κ1) is 40.7. The number of aromatic nitrogens is 4. The molecule has 0 amide bonds. The second-order valence-electron chi connectivity index (χ2n) is 14.6. The van der Waals surface area contributed by atoms with Gasteiger partial charge in [-0.15, -0.1) is 0 Å². The molecule has 2 aromatic heterocycles. The van der Waals surface area contributed by atoms with E-state index in [4.69, 9.17) is 9.97 Å². The number of rotatable bonds is 10. The molecule has 0 N–H and O–H groups in total. The highest BCUT2D eigenvalue weighted by atomic mass is 79.9. The first-order valence-electron chi connectivity index (χ1n) is 19.2. The molecule has 0 spiro atoms. The molecule has 2 aromatic carbocycles. The molecule has 52 heavy (non-hydrogen) atoms. The molecule has 2 fully saturated rings. The number of fused-ring (bicyclic) bond motifs is 2. The van der Waals surface area contributed by atoms with Gasteiger partial charge in [0.05, 0.1) is 33.9 Å². The minimum absolute atomic E-state index is 0.0667. The summed E-state index contributed by atoms with van der Waals surface area (Å²) in [7, 11) is 4.37. The first-order chi connectivity index (χ1) is 24.9. The number of likely N-dealkylation sites (N-methyl/N-ethyl adjacent to an activating group) is 2. The van der Waals surface area contributed by atoms with E-state index < -0.39 is 0 Å². The van der Waals surface area contributed by atoms with Gasteiger partial charge in [-0.3, -0.25) is 28.5 Å². The molecule has 4 aromatic rings. The molecule has 0 radical (unpaired) electrons. The van der Waals surface area contributed by atoms with Gasteiger partial charge in [0.25, 0.3) is 11.1 Å². The Morgan fingerprint density at radius 1 is 0.654 bits per heavy atom. The maximum atomic E-state index is 13.1. The fraction of sp³-hybridized carbons (Fsp3) is 0.600. The lowest BCUT2D eigenvalue weighted by Gasteiger charge is -2.42. The molecule has 0 saturated carbocycles. The summed E-state index contributed by atoms with van der Waals surface area (Å²) >= 11 is 6.94. The summed E-state index contributed by atoms with van der Waals surface area (Å²) in [5.41, 5.74) is 1.72. The Kier molecular flexibility index (Phi) is 14.3. The van der Waals surface area contributed by atoms with Crippen molar-refractivity contribution in [1.29, 1.82) is 0 Å².